The Hall–Kier alpha value is -0.550. The Kier molecular flexibility index (Phi) is 2.29. The van der Waals surface area contributed by atoms with Gasteiger partial charge in [-0.1, -0.05) is 0 Å². The van der Waals surface area contributed by atoms with Gasteiger partial charge in [-0.25, -0.2) is 0 Å². The lowest BCUT2D eigenvalue weighted by molar-refractivity contribution is -0.945. The first-order valence-corrected chi connectivity index (χ1v) is 5.50. The van der Waals surface area contributed by atoms with E-state index in [2.05, 4.69) is 13.1 Å². The molecule has 2 aliphatic rings. The van der Waals surface area contributed by atoms with Gasteiger partial charge in [0.2, 0.25) is 0 Å². The molecule has 0 amide bonds. The van der Waals surface area contributed by atoms with Crippen molar-refractivity contribution in [1.82, 2.24) is 0 Å². The van der Waals surface area contributed by atoms with Crippen molar-refractivity contribution < 1.29 is 4.48 Å². The monoisotopic (exact) mass is 179 g/mol. The van der Waals surface area contributed by atoms with Gasteiger partial charge in [0.05, 0.1) is 32.1 Å². The summed E-state index contributed by atoms with van der Waals surface area (Å²) in [5, 5.41) is 9.08. The van der Waals surface area contributed by atoms with Crippen LogP contribution in [0.1, 0.15) is 32.1 Å². The van der Waals surface area contributed by atoms with Crippen LogP contribution in [0.4, 0.5) is 0 Å². The SMILES string of the molecule is C[N+]12CCCCC1C(C#N)CCC2. The van der Waals surface area contributed by atoms with E-state index in [9.17, 15) is 0 Å². The maximum atomic E-state index is 9.08. The third-order valence-corrected chi connectivity index (χ3v) is 4.03. The Morgan fingerprint density at radius 1 is 1.15 bits per heavy atom. The molecule has 0 aromatic carbocycles. The molecule has 72 valence electrons. The largest absolute Gasteiger partial charge is 0.323 e. The van der Waals surface area contributed by atoms with Crippen molar-refractivity contribution in [2.75, 3.05) is 20.1 Å². The number of piperidine rings is 2. The fourth-order valence-electron chi connectivity index (χ4n) is 3.23. The lowest BCUT2D eigenvalue weighted by Crippen LogP contribution is -2.60. The van der Waals surface area contributed by atoms with Gasteiger partial charge in [0.25, 0.3) is 0 Å². The van der Waals surface area contributed by atoms with Gasteiger partial charge in [0, 0.05) is 6.42 Å². The lowest BCUT2D eigenvalue weighted by atomic mass is 9.82. The highest BCUT2D eigenvalue weighted by Crippen LogP contribution is 2.35. The van der Waals surface area contributed by atoms with Gasteiger partial charge in [0.1, 0.15) is 6.04 Å². The summed E-state index contributed by atoms with van der Waals surface area (Å²) in [6.45, 7) is 2.62. The molecule has 2 heteroatoms. The maximum Gasteiger partial charge on any atom is 0.105 e. The Balaban J connectivity index is 2.17. The Morgan fingerprint density at radius 3 is 2.69 bits per heavy atom. The van der Waals surface area contributed by atoms with E-state index in [1.54, 1.807) is 0 Å². The summed E-state index contributed by atoms with van der Waals surface area (Å²) in [5.41, 5.74) is 0. The first kappa shape index (κ1) is 9.02. The molecule has 2 rings (SSSR count). The normalized spacial score (nSPS) is 44.9. The van der Waals surface area contributed by atoms with Crippen LogP contribution in [0, 0.1) is 17.2 Å². The van der Waals surface area contributed by atoms with Crippen LogP contribution >= 0.6 is 0 Å². The highest BCUT2D eigenvalue weighted by molar-refractivity contribution is 4.92. The van der Waals surface area contributed by atoms with E-state index >= 15 is 0 Å². The quantitative estimate of drug-likeness (QED) is 0.521. The first-order valence-electron chi connectivity index (χ1n) is 5.50. The van der Waals surface area contributed by atoms with Gasteiger partial charge < -0.3 is 4.48 Å². The van der Waals surface area contributed by atoms with E-state index < -0.39 is 0 Å². The zero-order valence-electron chi connectivity index (χ0n) is 8.50. The maximum absolute atomic E-state index is 9.08. The topological polar surface area (TPSA) is 23.8 Å². The van der Waals surface area contributed by atoms with Gasteiger partial charge in [-0.2, -0.15) is 5.26 Å². The molecule has 0 saturated carbocycles. The van der Waals surface area contributed by atoms with Crippen molar-refractivity contribution >= 4 is 0 Å². The fourth-order valence-corrected chi connectivity index (χ4v) is 3.23. The van der Waals surface area contributed by atoms with Crippen molar-refractivity contribution in [2.45, 2.75) is 38.1 Å². The predicted molar refractivity (Wildman–Crippen MR) is 51.9 cm³/mol. The zero-order chi connectivity index (χ0) is 9.31. The van der Waals surface area contributed by atoms with E-state index in [0.29, 0.717) is 12.0 Å². The first-order chi connectivity index (χ1) is 6.26. The van der Waals surface area contributed by atoms with Crippen molar-refractivity contribution in [1.29, 1.82) is 5.26 Å². The summed E-state index contributed by atoms with van der Waals surface area (Å²) in [6, 6.07) is 3.17. The minimum absolute atomic E-state index is 0.346. The highest BCUT2D eigenvalue weighted by atomic mass is 15.4. The van der Waals surface area contributed by atoms with Gasteiger partial charge in [-0.3, -0.25) is 0 Å². The summed E-state index contributed by atoms with van der Waals surface area (Å²) in [5.74, 6) is 0.346. The molecule has 0 radical (unpaired) electrons. The van der Waals surface area contributed by atoms with Gasteiger partial charge in [-0.05, 0) is 25.7 Å². The minimum Gasteiger partial charge on any atom is -0.323 e. The highest BCUT2D eigenvalue weighted by Gasteiger charge is 2.43. The number of nitriles is 1. The second-order valence-corrected chi connectivity index (χ2v) is 4.87. The lowest BCUT2D eigenvalue weighted by Gasteiger charge is -2.49. The second kappa shape index (κ2) is 3.31. The number of fused-ring (bicyclic) bond motifs is 1. The number of hydrogen-bond acceptors (Lipinski definition) is 1. The van der Waals surface area contributed by atoms with E-state index in [1.165, 1.54) is 43.3 Å². The number of nitrogens with zero attached hydrogens (tertiary/aromatic N) is 2. The van der Waals surface area contributed by atoms with Crippen LogP contribution in [-0.4, -0.2) is 30.7 Å². The van der Waals surface area contributed by atoms with Crippen LogP contribution in [0.2, 0.25) is 0 Å². The molecular weight excluding hydrogens is 160 g/mol. The van der Waals surface area contributed by atoms with E-state index in [-0.39, 0.29) is 0 Å². The molecule has 0 aliphatic carbocycles. The molecule has 2 nitrogen and oxygen atoms in total. The Bertz CT molecular complexity index is 227. The summed E-state index contributed by atoms with van der Waals surface area (Å²) in [6.07, 6.45) is 6.40. The van der Waals surface area contributed by atoms with E-state index in [1.807, 2.05) is 0 Å². The van der Waals surface area contributed by atoms with E-state index in [4.69, 9.17) is 5.26 Å². The molecule has 13 heavy (non-hydrogen) atoms. The zero-order valence-corrected chi connectivity index (χ0v) is 8.50. The van der Waals surface area contributed by atoms with Crippen LogP contribution in [-0.2, 0) is 0 Å². The van der Waals surface area contributed by atoms with Crippen LogP contribution < -0.4 is 0 Å². The molecule has 0 bridgehead atoms. The molecule has 2 aliphatic heterocycles. The molecule has 2 heterocycles. The van der Waals surface area contributed by atoms with Crippen molar-refractivity contribution in [3.63, 3.8) is 0 Å². The van der Waals surface area contributed by atoms with Crippen molar-refractivity contribution in [3.05, 3.63) is 0 Å². The van der Waals surface area contributed by atoms with Crippen LogP contribution in [0.25, 0.3) is 0 Å². The third-order valence-electron chi connectivity index (χ3n) is 4.03. The standard InChI is InChI=1S/C11H19N2/c1-13-7-3-2-6-11(13)10(9-12)5-4-8-13/h10-11H,2-8H2,1H3/q+1. The van der Waals surface area contributed by atoms with Crippen LogP contribution in [0.3, 0.4) is 0 Å². The minimum atomic E-state index is 0.346. The van der Waals surface area contributed by atoms with Gasteiger partial charge in [0.15, 0.2) is 0 Å². The molecule has 0 aromatic rings. The fraction of sp³-hybridized carbons (Fsp3) is 0.909. The Labute approximate surface area is 80.7 Å². The van der Waals surface area contributed by atoms with E-state index in [0.717, 1.165) is 6.42 Å². The smallest absolute Gasteiger partial charge is 0.105 e. The molecule has 3 unspecified atom stereocenters. The molecule has 2 saturated heterocycles. The summed E-state index contributed by atoms with van der Waals surface area (Å²) < 4.78 is 1.19. The van der Waals surface area contributed by atoms with Crippen LogP contribution in [0.15, 0.2) is 0 Å². The average Bonchev–Trinajstić information content (AvgIpc) is 2.15. The molecule has 0 spiro atoms. The summed E-state index contributed by atoms with van der Waals surface area (Å²) in [4.78, 5) is 0. The average molecular weight is 179 g/mol. The number of hydrogen-bond donors (Lipinski definition) is 0. The van der Waals surface area contributed by atoms with Crippen LogP contribution in [0.5, 0.6) is 0 Å². The molecule has 3 atom stereocenters. The predicted octanol–water partition coefficient (Wildman–Crippen LogP) is 1.92. The van der Waals surface area contributed by atoms with Crippen molar-refractivity contribution in [3.8, 4) is 6.07 Å². The van der Waals surface area contributed by atoms with Gasteiger partial charge >= 0.3 is 0 Å². The Morgan fingerprint density at radius 2 is 1.92 bits per heavy atom. The molecule has 0 aromatic heterocycles. The van der Waals surface area contributed by atoms with Gasteiger partial charge in [-0.15, -0.1) is 0 Å². The number of rotatable bonds is 0. The summed E-state index contributed by atoms with van der Waals surface area (Å²) >= 11 is 0. The summed E-state index contributed by atoms with van der Waals surface area (Å²) in [7, 11) is 2.35. The van der Waals surface area contributed by atoms with Crippen molar-refractivity contribution in [2.24, 2.45) is 5.92 Å². The number of quaternary nitrogens is 1. The molecule has 0 N–H and O–H groups in total. The second-order valence-electron chi connectivity index (χ2n) is 4.87. The molecule has 2 fully saturated rings. The third kappa shape index (κ3) is 1.46. The molecular formula is C11H19N2+.